The Labute approximate surface area is 161 Å². The van der Waals surface area contributed by atoms with Crippen LogP contribution in [0.15, 0.2) is 11.6 Å². The lowest BCUT2D eigenvalue weighted by Crippen LogP contribution is -2.56. The fraction of sp³-hybridized carbons (Fsp3) is 0.870. The molecule has 0 amide bonds. The van der Waals surface area contributed by atoms with Crippen molar-refractivity contribution in [2.75, 3.05) is 0 Å². The molecule has 2 nitrogen and oxygen atoms in total. The molecular formula is C23H38O2Si. The lowest BCUT2D eigenvalue weighted by molar-refractivity contribution is -0.118. The molecule has 3 fully saturated rings. The molecule has 0 aromatic heterocycles. The van der Waals surface area contributed by atoms with Crippen LogP contribution in [0.5, 0.6) is 0 Å². The quantitative estimate of drug-likeness (QED) is 0.556. The number of fused-ring (bicyclic) bond motifs is 5. The summed E-state index contributed by atoms with van der Waals surface area (Å²) in [4.78, 5) is 11.9. The number of carbonyl (C=O) groups excluding carboxylic acids is 1. The van der Waals surface area contributed by atoms with Gasteiger partial charge in [0.2, 0.25) is 0 Å². The normalized spacial score (nSPS) is 45.6. The molecule has 3 saturated carbocycles. The van der Waals surface area contributed by atoms with E-state index in [9.17, 15) is 4.79 Å². The van der Waals surface area contributed by atoms with Crippen LogP contribution in [-0.2, 0) is 9.22 Å². The second kappa shape index (κ2) is 6.30. The number of hydrogen-bond acceptors (Lipinski definition) is 2. The van der Waals surface area contributed by atoms with Gasteiger partial charge in [-0.3, -0.25) is 4.79 Å². The molecule has 0 heterocycles. The Morgan fingerprint density at radius 3 is 2.54 bits per heavy atom. The first kappa shape index (κ1) is 18.9. The van der Waals surface area contributed by atoms with E-state index in [0.29, 0.717) is 17.1 Å². The summed E-state index contributed by atoms with van der Waals surface area (Å²) in [6.07, 6.45) is 12.9. The predicted octanol–water partition coefficient (Wildman–Crippen LogP) is 6.13. The van der Waals surface area contributed by atoms with Gasteiger partial charge in [0.25, 0.3) is 0 Å². The van der Waals surface area contributed by atoms with E-state index >= 15 is 0 Å². The Kier molecular flexibility index (Phi) is 4.59. The lowest BCUT2D eigenvalue weighted by atomic mass is 9.50. The van der Waals surface area contributed by atoms with Crippen LogP contribution < -0.4 is 0 Å². The number of carbonyl (C=O) groups is 1. The first-order valence-electron chi connectivity index (χ1n) is 11.1. The predicted molar refractivity (Wildman–Crippen MR) is 110 cm³/mol. The molecule has 3 heteroatoms. The highest BCUT2D eigenvalue weighted by molar-refractivity contribution is 6.69. The van der Waals surface area contributed by atoms with Crippen LogP contribution in [0.1, 0.15) is 71.6 Å². The van der Waals surface area contributed by atoms with Gasteiger partial charge in [0.1, 0.15) is 0 Å². The Balaban J connectivity index is 1.62. The number of allylic oxidation sites excluding steroid dienone is 1. The highest BCUT2D eigenvalue weighted by atomic mass is 28.4. The molecule has 6 atom stereocenters. The van der Waals surface area contributed by atoms with Gasteiger partial charge in [-0.2, -0.15) is 0 Å². The third-order valence-electron chi connectivity index (χ3n) is 8.66. The maximum Gasteiger partial charge on any atom is 0.184 e. The fourth-order valence-corrected chi connectivity index (χ4v) is 9.33. The van der Waals surface area contributed by atoms with Crippen molar-refractivity contribution < 1.29 is 9.22 Å². The molecule has 26 heavy (non-hydrogen) atoms. The van der Waals surface area contributed by atoms with Crippen LogP contribution in [-0.4, -0.2) is 19.7 Å². The Bertz CT molecular complexity index is 618. The average Bonchev–Trinajstić information content (AvgIpc) is 2.86. The van der Waals surface area contributed by atoms with E-state index in [-0.39, 0.29) is 5.60 Å². The highest BCUT2D eigenvalue weighted by Gasteiger charge is 2.63. The van der Waals surface area contributed by atoms with Crippen LogP contribution in [0.2, 0.25) is 19.6 Å². The average molecular weight is 375 g/mol. The summed E-state index contributed by atoms with van der Waals surface area (Å²) < 4.78 is 6.99. The molecular weight excluding hydrogens is 336 g/mol. The zero-order valence-corrected chi connectivity index (χ0v) is 18.6. The fourth-order valence-electron chi connectivity index (χ4n) is 7.68. The maximum atomic E-state index is 11.9. The molecule has 0 aromatic rings. The summed E-state index contributed by atoms with van der Waals surface area (Å²) >= 11 is 0. The second-order valence-corrected chi connectivity index (χ2v) is 15.3. The van der Waals surface area contributed by atoms with E-state index in [1.54, 1.807) is 0 Å². The molecule has 146 valence electrons. The highest BCUT2D eigenvalue weighted by Crippen LogP contribution is 2.66. The molecule has 0 unspecified atom stereocenters. The summed E-state index contributed by atoms with van der Waals surface area (Å²) in [6.45, 7) is 12.0. The summed E-state index contributed by atoms with van der Waals surface area (Å²) in [5.41, 5.74) is 1.98. The van der Waals surface area contributed by atoms with Gasteiger partial charge in [0, 0.05) is 6.42 Å². The molecule has 0 bridgehead atoms. The van der Waals surface area contributed by atoms with Gasteiger partial charge in [0.15, 0.2) is 14.1 Å². The molecule has 4 aliphatic carbocycles. The minimum Gasteiger partial charge on any atom is -0.412 e. The van der Waals surface area contributed by atoms with E-state index in [4.69, 9.17) is 4.43 Å². The zero-order valence-electron chi connectivity index (χ0n) is 17.6. The first-order chi connectivity index (χ1) is 12.2. The number of rotatable bonds is 3. The number of hydrogen-bond donors (Lipinski definition) is 0. The minimum atomic E-state index is -1.56. The van der Waals surface area contributed by atoms with Gasteiger partial charge < -0.3 is 4.43 Å². The third kappa shape index (κ3) is 2.80. The van der Waals surface area contributed by atoms with Crippen molar-refractivity contribution in [1.82, 2.24) is 0 Å². The Morgan fingerprint density at radius 1 is 1.08 bits per heavy atom. The zero-order chi connectivity index (χ0) is 18.7. The molecule has 0 radical (unpaired) electrons. The van der Waals surface area contributed by atoms with Gasteiger partial charge in [-0.1, -0.05) is 19.4 Å². The van der Waals surface area contributed by atoms with E-state index in [1.807, 2.05) is 6.08 Å². The monoisotopic (exact) mass is 374 g/mol. The summed E-state index contributed by atoms with van der Waals surface area (Å²) in [7, 11) is -1.56. The van der Waals surface area contributed by atoms with Crippen LogP contribution in [0.25, 0.3) is 0 Å². The van der Waals surface area contributed by atoms with Gasteiger partial charge in [-0.05, 0) is 106 Å². The van der Waals surface area contributed by atoms with E-state index in [1.165, 1.54) is 50.5 Å². The molecule has 0 N–H and O–H groups in total. The Hall–Kier alpha value is -0.413. The SMILES string of the molecule is CC[C@@]1(O[Si](C)(C)C)CC[C@H]2[C@@H]3CCC4=CC(=O)CC[C@@H]4[C@H]3CC[C@@]21C. The van der Waals surface area contributed by atoms with Crippen molar-refractivity contribution in [3.8, 4) is 0 Å². The van der Waals surface area contributed by atoms with Crippen LogP contribution in [0.4, 0.5) is 0 Å². The molecule has 0 spiro atoms. The maximum absolute atomic E-state index is 11.9. The molecule has 0 aliphatic heterocycles. The van der Waals surface area contributed by atoms with Crippen molar-refractivity contribution in [2.24, 2.45) is 29.1 Å². The van der Waals surface area contributed by atoms with Crippen LogP contribution in [0, 0.1) is 29.1 Å². The minimum absolute atomic E-state index is 0.117. The molecule has 4 rings (SSSR count). The third-order valence-corrected chi connectivity index (χ3v) is 9.67. The van der Waals surface area contributed by atoms with Crippen molar-refractivity contribution in [2.45, 2.75) is 96.9 Å². The van der Waals surface area contributed by atoms with Crippen LogP contribution in [0.3, 0.4) is 0 Å². The van der Waals surface area contributed by atoms with Crippen molar-refractivity contribution in [3.05, 3.63) is 11.6 Å². The topological polar surface area (TPSA) is 26.3 Å². The van der Waals surface area contributed by atoms with Gasteiger partial charge >= 0.3 is 0 Å². The molecule has 4 aliphatic rings. The smallest absolute Gasteiger partial charge is 0.184 e. The summed E-state index contributed by atoms with van der Waals surface area (Å²) in [5.74, 6) is 3.62. The molecule has 0 saturated heterocycles. The molecule has 0 aromatic carbocycles. The largest absolute Gasteiger partial charge is 0.412 e. The van der Waals surface area contributed by atoms with Gasteiger partial charge in [-0.15, -0.1) is 0 Å². The number of ketones is 1. The van der Waals surface area contributed by atoms with Crippen molar-refractivity contribution in [3.63, 3.8) is 0 Å². The van der Waals surface area contributed by atoms with Crippen molar-refractivity contribution >= 4 is 14.1 Å². The second-order valence-electron chi connectivity index (χ2n) is 10.9. The van der Waals surface area contributed by atoms with Gasteiger partial charge in [-0.25, -0.2) is 0 Å². The summed E-state index contributed by atoms with van der Waals surface area (Å²) in [6, 6.07) is 0. The Morgan fingerprint density at radius 2 is 1.85 bits per heavy atom. The van der Waals surface area contributed by atoms with Crippen LogP contribution >= 0.6 is 0 Å². The standard InChI is InChI=1S/C23H38O2Si/c1-6-23(25-26(3,4)5)14-12-21-20-9-7-16-15-17(24)8-10-18(16)19(20)11-13-22(21,23)2/h15,18-21H,6-14H2,1-5H3/t18-,19+,20+,21-,22-,23+/m0/s1. The van der Waals surface area contributed by atoms with E-state index in [0.717, 1.165) is 30.6 Å². The van der Waals surface area contributed by atoms with Crippen molar-refractivity contribution in [1.29, 1.82) is 0 Å². The first-order valence-corrected chi connectivity index (χ1v) is 14.5. The lowest BCUT2D eigenvalue weighted by Gasteiger charge is -2.57. The van der Waals surface area contributed by atoms with E-state index < -0.39 is 8.32 Å². The summed E-state index contributed by atoms with van der Waals surface area (Å²) in [5, 5.41) is 0. The van der Waals surface area contributed by atoms with Gasteiger partial charge in [0.05, 0.1) is 5.60 Å². The van der Waals surface area contributed by atoms with E-state index in [2.05, 4.69) is 33.5 Å².